The van der Waals surface area contributed by atoms with Crippen LogP contribution in [-0.2, 0) is 4.79 Å². The fourth-order valence-electron chi connectivity index (χ4n) is 1.94. The first kappa shape index (κ1) is 13.9. The average Bonchev–Trinajstić information content (AvgIpc) is 2.53. The van der Waals surface area contributed by atoms with Crippen molar-refractivity contribution in [2.75, 3.05) is 11.9 Å². The van der Waals surface area contributed by atoms with Crippen molar-refractivity contribution < 1.29 is 13.9 Å². The number of nitrogens with one attached hydrogen (secondary N) is 1. The molecule has 3 aromatic rings. The number of rotatable bonds is 4. The van der Waals surface area contributed by atoms with Gasteiger partial charge in [-0.05, 0) is 30.3 Å². The standard InChI is InChI=1S/C16H12FN3O2/c17-11-2-1-3-13(8-11)22-10-16(21)20-12-4-5-14-15(9-12)19-7-6-18-14/h1-9H,10H2,(H,20,21). The first-order valence-electron chi connectivity index (χ1n) is 6.60. The van der Waals surface area contributed by atoms with Crippen molar-refractivity contribution in [2.24, 2.45) is 0 Å². The number of carbonyl (C=O) groups is 1. The zero-order chi connectivity index (χ0) is 15.4. The normalized spacial score (nSPS) is 10.4. The molecular weight excluding hydrogens is 285 g/mol. The van der Waals surface area contributed by atoms with Crippen LogP contribution in [0.2, 0.25) is 0 Å². The second-order valence-electron chi connectivity index (χ2n) is 4.55. The third-order valence-electron chi connectivity index (χ3n) is 2.92. The first-order chi connectivity index (χ1) is 10.7. The summed E-state index contributed by atoms with van der Waals surface area (Å²) in [6, 6.07) is 10.9. The van der Waals surface area contributed by atoms with Crippen LogP contribution in [0.4, 0.5) is 10.1 Å². The number of carbonyl (C=O) groups excluding carboxylic acids is 1. The molecule has 0 radical (unpaired) electrons. The van der Waals surface area contributed by atoms with Gasteiger partial charge in [-0.15, -0.1) is 0 Å². The van der Waals surface area contributed by atoms with Gasteiger partial charge in [0.2, 0.25) is 0 Å². The largest absolute Gasteiger partial charge is 0.484 e. The van der Waals surface area contributed by atoms with Gasteiger partial charge in [0, 0.05) is 24.1 Å². The van der Waals surface area contributed by atoms with Crippen molar-refractivity contribution in [1.82, 2.24) is 9.97 Å². The lowest BCUT2D eigenvalue weighted by molar-refractivity contribution is -0.118. The molecule has 0 fully saturated rings. The summed E-state index contributed by atoms with van der Waals surface area (Å²) in [7, 11) is 0. The van der Waals surface area contributed by atoms with Gasteiger partial charge in [0.25, 0.3) is 5.91 Å². The zero-order valence-electron chi connectivity index (χ0n) is 11.5. The maximum absolute atomic E-state index is 13.0. The van der Waals surface area contributed by atoms with Crippen LogP contribution in [0.3, 0.4) is 0 Å². The minimum atomic E-state index is -0.411. The molecule has 0 aliphatic rings. The number of hydrogen-bond acceptors (Lipinski definition) is 4. The predicted molar refractivity (Wildman–Crippen MR) is 80.1 cm³/mol. The number of hydrogen-bond donors (Lipinski definition) is 1. The van der Waals surface area contributed by atoms with Crippen LogP contribution in [0, 0.1) is 5.82 Å². The van der Waals surface area contributed by atoms with Crippen LogP contribution in [0.5, 0.6) is 5.75 Å². The molecule has 0 spiro atoms. The molecule has 2 aromatic carbocycles. The molecular formula is C16H12FN3O2. The number of nitrogens with zero attached hydrogens (tertiary/aromatic N) is 2. The summed E-state index contributed by atoms with van der Waals surface area (Å²) in [6.07, 6.45) is 3.19. The molecule has 0 saturated heterocycles. The van der Waals surface area contributed by atoms with Gasteiger partial charge in [-0.1, -0.05) is 6.07 Å². The van der Waals surface area contributed by atoms with E-state index in [0.29, 0.717) is 17.0 Å². The molecule has 0 aliphatic heterocycles. The highest BCUT2D eigenvalue weighted by Gasteiger charge is 2.05. The minimum absolute atomic E-state index is 0.206. The summed E-state index contributed by atoms with van der Waals surface area (Å²) in [5, 5.41) is 2.69. The summed E-state index contributed by atoms with van der Waals surface area (Å²) in [4.78, 5) is 20.2. The number of benzene rings is 2. The van der Waals surface area contributed by atoms with E-state index in [2.05, 4.69) is 15.3 Å². The van der Waals surface area contributed by atoms with E-state index in [0.717, 1.165) is 5.52 Å². The van der Waals surface area contributed by atoms with Crippen molar-refractivity contribution in [3.63, 3.8) is 0 Å². The van der Waals surface area contributed by atoms with Crippen LogP contribution in [0.25, 0.3) is 11.0 Å². The maximum Gasteiger partial charge on any atom is 0.262 e. The summed E-state index contributed by atoms with van der Waals surface area (Å²) in [5.41, 5.74) is 2.03. The lowest BCUT2D eigenvalue weighted by Crippen LogP contribution is -2.20. The van der Waals surface area contributed by atoms with E-state index < -0.39 is 5.82 Å². The fourth-order valence-corrected chi connectivity index (χ4v) is 1.94. The lowest BCUT2D eigenvalue weighted by Gasteiger charge is -2.08. The van der Waals surface area contributed by atoms with E-state index in [4.69, 9.17) is 4.74 Å². The van der Waals surface area contributed by atoms with Gasteiger partial charge >= 0.3 is 0 Å². The molecule has 1 N–H and O–H groups in total. The van der Waals surface area contributed by atoms with Crippen molar-refractivity contribution in [3.8, 4) is 5.75 Å². The van der Waals surface area contributed by atoms with Crippen molar-refractivity contribution in [1.29, 1.82) is 0 Å². The van der Waals surface area contributed by atoms with E-state index in [-0.39, 0.29) is 12.5 Å². The van der Waals surface area contributed by atoms with Crippen molar-refractivity contribution in [2.45, 2.75) is 0 Å². The van der Waals surface area contributed by atoms with Crippen molar-refractivity contribution >= 4 is 22.6 Å². The van der Waals surface area contributed by atoms with Gasteiger partial charge < -0.3 is 10.1 Å². The average molecular weight is 297 g/mol. The fraction of sp³-hybridized carbons (Fsp3) is 0.0625. The number of halogens is 1. The zero-order valence-corrected chi connectivity index (χ0v) is 11.5. The monoisotopic (exact) mass is 297 g/mol. The van der Waals surface area contributed by atoms with E-state index in [1.54, 1.807) is 36.7 Å². The second kappa shape index (κ2) is 6.17. The quantitative estimate of drug-likeness (QED) is 0.804. The van der Waals surface area contributed by atoms with Gasteiger partial charge in [0.05, 0.1) is 11.0 Å². The van der Waals surface area contributed by atoms with Crippen LogP contribution in [0.1, 0.15) is 0 Å². The molecule has 0 aliphatic carbocycles. The Morgan fingerprint density at radius 1 is 1.09 bits per heavy atom. The first-order valence-corrected chi connectivity index (χ1v) is 6.60. The topological polar surface area (TPSA) is 64.1 Å². The van der Waals surface area contributed by atoms with Gasteiger partial charge in [-0.25, -0.2) is 4.39 Å². The minimum Gasteiger partial charge on any atom is -0.484 e. The Hall–Kier alpha value is -3.02. The molecule has 6 heteroatoms. The van der Waals surface area contributed by atoms with E-state index in [1.165, 1.54) is 18.2 Å². The van der Waals surface area contributed by atoms with E-state index in [9.17, 15) is 9.18 Å². The molecule has 1 heterocycles. The number of anilines is 1. The van der Waals surface area contributed by atoms with Gasteiger partial charge in [-0.2, -0.15) is 0 Å². The Bertz CT molecular complexity index is 823. The second-order valence-corrected chi connectivity index (χ2v) is 4.55. The van der Waals surface area contributed by atoms with Crippen LogP contribution < -0.4 is 10.1 Å². The third kappa shape index (κ3) is 3.35. The van der Waals surface area contributed by atoms with Crippen molar-refractivity contribution in [3.05, 3.63) is 60.7 Å². The third-order valence-corrected chi connectivity index (χ3v) is 2.92. The molecule has 1 amide bonds. The van der Waals surface area contributed by atoms with Gasteiger partial charge in [-0.3, -0.25) is 14.8 Å². The molecule has 0 unspecified atom stereocenters. The summed E-state index contributed by atoms with van der Waals surface area (Å²) >= 11 is 0. The molecule has 5 nitrogen and oxygen atoms in total. The molecule has 110 valence electrons. The molecule has 0 bridgehead atoms. The number of fused-ring (bicyclic) bond motifs is 1. The highest BCUT2D eigenvalue weighted by atomic mass is 19.1. The maximum atomic E-state index is 13.0. The molecule has 1 aromatic heterocycles. The summed E-state index contributed by atoms with van der Waals surface area (Å²) in [6.45, 7) is -0.206. The van der Waals surface area contributed by atoms with E-state index >= 15 is 0 Å². The van der Waals surface area contributed by atoms with E-state index in [1.807, 2.05) is 0 Å². The Balaban J connectivity index is 1.63. The highest BCUT2D eigenvalue weighted by molar-refractivity contribution is 5.93. The number of ether oxygens (including phenoxy) is 1. The Labute approximate surface area is 125 Å². The van der Waals surface area contributed by atoms with Crippen LogP contribution in [0.15, 0.2) is 54.9 Å². The molecule has 0 saturated carbocycles. The Morgan fingerprint density at radius 2 is 1.91 bits per heavy atom. The lowest BCUT2D eigenvalue weighted by atomic mass is 10.2. The number of amides is 1. The predicted octanol–water partition coefficient (Wildman–Crippen LogP) is 2.79. The molecule has 22 heavy (non-hydrogen) atoms. The SMILES string of the molecule is O=C(COc1cccc(F)c1)Nc1ccc2nccnc2c1. The Kier molecular flexibility index (Phi) is 3.91. The summed E-state index contributed by atoms with van der Waals surface area (Å²) < 4.78 is 18.2. The van der Waals surface area contributed by atoms with Gasteiger partial charge in [0.1, 0.15) is 11.6 Å². The number of aromatic nitrogens is 2. The summed E-state index contributed by atoms with van der Waals surface area (Å²) in [5.74, 6) is -0.446. The van der Waals surface area contributed by atoms with Gasteiger partial charge in [0.15, 0.2) is 6.61 Å². The molecule has 0 atom stereocenters. The van der Waals surface area contributed by atoms with Crippen LogP contribution in [-0.4, -0.2) is 22.5 Å². The molecule has 3 rings (SSSR count). The Morgan fingerprint density at radius 3 is 2.73 bits per heavy atom. The smallest absolute Gasteiger partial charge is 0.262 e. The van der Waals surface area contributed by atoms with Crippen LogP contribution >= 0.6 is 0 Å². The highest BCUT2D eigenvalue weighted by Crippen LogP contribution is 2.15.